The molecular weight excluding hydrogens is 140 g/mol. The zero-order chi connectivity index (χ0) is 7.90. The number of aliphatic hydroxyl groups is 1. The third-order valence-corrected chi connectivity index (χ3v) is 3.42. The lowest BCUT2D eigenvalue weighted by atomic mass is 9.64. The van der Waals surface area contributed by atoms with Crippen LogP contribution < -0.4 is 0 Å². The average Bonchev–Trinajstić information content (AvgIpc) is 2.67. The van der Waals surface area contributed by atoms with Gasteiger partial charge in [-0.25, -0.2) is 0 Å². The molecule has 1 saturated heterocycles. The first-order chi connectivity index (χ1) is 5.32. The molecule has 1 aliphatic carbocycles. The predicted molar refractivity (Wildman–Crippen MR) is 42.3 cm³/mol. The third-order valence-electron chi connectivity index (χ3n) is 3.42. The summed E-state index contributed by atoms with van der Waals surface area (Å²) in [5.41, 5.74) is 0.466. The maximum absolute atomic E-state index is 8.83. The topological polar surface area (TPSA) is 32.8 Å². The van der Waals surface area contributed by atoms with Crippen LogP contribution in [-0.2, 0) is 4.74 Å². The molecule has 11 heavy (non-hydrogen) atoms. The maximum Gasteiger partial charge on any atom is 0.108 e. The Kier molecular flexibility index (Phi) is 1.69. The van der Waals surface area contributed by atoms with E-state index in [0.29, 0.717) is 11.5 Å². The fourth-order valence-corrected chi connectivity index (χ4v) is 2.29. The Morgan fingerprint density at radius 3 is 2.55 bits per heavy atom. The van der Waals surface area contributed by atoms with Crippen LogP contribution in [-0.4, -0.2) is 23.9 Å². The Morgan fingerprint density at radius 1 is 1.55 bits per heavy atom. The molecule has 0 amide bonds. The van der Waals surface area contributed by atoms with Crippen molar-refractivity contribution in [3.05, 3.63) is 0 Å². The maximum atomic E-state index is 8.83. The van der Waals surface area contributed by atoms with Crippen LogP contribution in [0.5, 0.6) is 0 Å². The Bertz CT molecular complexity index is 146. The van der Waals surface area contributed by atoms with Crippen molar-refractivity contribution in [2.75, 3.05) is 6.61 Å². The highest BCUT2D eigenvalue weighted by Gasteiger charge is 2.55. The van der Waals surface area contributed by atoms with E-state index in [4.69, 9.17) is 9.84 Å². The van der Waals surface area contributed by atoms with E-state index in [1.54, 1.807) is 0 Å². The third kappa shape index (κ3) is 1.00. The number of ether oxygens (including phenoxy) is 1. The normalized spacial score (nSPS) is 39.8. The first-order valence-electron chi connectivity index (χ1n) is 4.59. The van der Waals surface area contributed by atoms with Gasteiger partial charge in [0.15, 0.2) is 0 Å². The first kappa shape index (κ1) is 7.56. The van der Waals surface area contributed by atoms with Crippen molar-refractivity contribution in [1.82, 2.24) is 0 Å². The minimum absolute atomic E-state index is 0.176. The lowest BCUT2D eigenvalue weighted by molar-refractivity contribution is 0.0812. The van der Waals surface area contributed by atoms with E-state index in [0.717, 1.165) is 0 Å². The fourth-order valence-electron chi connectivity index (χ4n) is 2.29. The Balaban J connectivity index is 1.93. The predicted octanol–water partition coefficient (Wildman–Crippen LogP) is 1.33. The van der Waals surface area contributed by atoms with Crippen LogP contribution in [0, 0.1) is 5.41 Å². The molecule has 2 rings (SSSR count). The van der Waals surface area contributed by atoms with E-state index in [1.807, 2.05) is 0 Å². The largest absolute Gasteiger partial charge is 0.394 e. The van der Waals surface area contributed by atoms with E-state index >= 15 is 0 Å². The quantitative estimate of drug-likeness (QED) is 0.625. The lowest BCUT2D eigenvalue weighted by Crippen LogP contribution is -2.35. The highest BCUT2D eigenvalue weighted by atomic mass is 16.6. The molecule has 1 N–H and O–H groups in total. The van der Waals surface area contributed by atoms with E-state index in [9.17, 15) is 0 Å². The number of hydrogen-bond donors (Lipinski definition) is 1. The molecule has 2 atom stereocenters. The van der Waals surface area contributed by atoms with E-state index in [-0.39, 0.29) is 12.7 Å². The summed E-state index contributed by atoms with van der Waals surface area (Å²) in [7, 11) is 0. The molecule has 2 unspecified atom stereocenters. The second-order valence-corrected chi connectivity index (χ2v) is 3.85. The van der Waals surface area contributed by atoms with Crippen LogP contribution in [0.15, 0.2) is 0 Å². The minimum atomic E-state index is 0.176. The molecule has 1 aliphatic heterocycles. The summed E-state index contributed by atoms with van der Waals surface area (Å²) in [4.78, 5) is 0. The van der Waals surface area contributed by atoms with Crippen molar-refractivity contribution < 1.29 is 9.84 Å². The molecule has 2 nitrogen and oxygen atoms in total. The Morgan fingerprint density at radius 2 is 2.27 bits per heavy atom. The standard InChI is InChI=1S/C9H16O2/c1-2-9(4-3-5-9)8-7(6-10)11-8/h7-8,10H,2-6H2,1H3. The molecule has 2 heteroatoms. The smallest absolute Gasteiger partial charge is 0.108 e. The molecule has 0 aromatic carbocycles. The molecule has 0 aromatic rings. The molecule has 1 heterocycles. The van der Waals surface area contributed by atoms with Crippen molar-refractivity contribution in [2.45, 2.75) is 44.8 Å². The lowest BCUT2D eigenvalue weighted by Gasteiger charge is -2.40. The van der Waals surface area contributed by atoms with Crippen molar-refractivity contribution in [3.63, 3.8) is 0 Å². The van der Waals surface area contributed by atoms with Crippen molar-refractivity contribution in [3.8, 4) is 0 Å². The fraction of sp³-hybridized carbons (Fsp3) is 1.00. The second kappa shape index (κ2) is 2.46. The molecule has 2 aliphatic rings. The minimum Gasteiger partial charge on any atom is -0.394 e. The zero-order valence-electron chi connectivity index (χ0n) is 7.05. The zero-order valence-corrected chi connectivity index (χ0v) is 7.05. The van der Waals surface area contributed by atoms with E-state index in [2.05, 4.69) is 6.92 Å². The van der Waals surface area contributed by atoms with Crippen LogP contribution in [0.4, 0.5) is 0 Å². The van der Waals surface area contributed by atoms with Gasteiger partial charge in [0, 0.05) is 0 Å². The number of hydrogen-bond acceptors (Lipinski definition) is 2. The summed E-state index contributed by atoms with van der Waals surface area (Å²) in [6, 6.07) is 0. The van der Waals surface area contributed by atoms with Gasteiger partial charge in [0.2, 0.25) is 0 Å². The van der Waals surface area contributed by atoms with Crippen molar-refractivity contribution >= 4 is 0 Å². The number of aliphatic hydroxyl groups excluding tert-OH is 1. The van der Waals surface area contributed by atoms with Crippen molar-refractivity contribution in [1.29, 1.82) is 0 Å². The summed E-state index contributed by atoms with van der Waals surface area (Å²) >= 11 is 0. The van der Waals surface area contributed by atoms with Gasteiger partial charge < -0.3 is 9.84 Å². The van der Waals surface area contributed by atoms with Gasteiger partial charge in [0.25, 0.3) is 0 Å². The molecule has 0 spiro atoms. The summed E-state index contributed by atoms with van der Waals surface area (Å²) in [5, 5.41) is 8.83. The number of epoxide rings is 1. The highest BCUT2D eigenvalue weighted by molar-refractivity contribution is 5.03. The molecule has 64 valence electrons. The molecule has 0 bridgehead atoms. The van der Waals surface area contributed by atoms with Crippen molar-refractivity contribution in [2.24, 2.45) is 5.41 Å². The van der Waals surface area contributed by atoms with Crippen LogP contribution in [0.25, 0.3) is 0 Å². The number of rotatable bonds is 3. The van der Waals surface area contributed by atoms with Crippen LogP contribution in [0.2, 0.25) is 0 Å². The highest BCUT2D eigenvalue weighted by Crippen LogP contribution is 2.54. The molecule has 0 radical (unpaired) electrons. The summed E-state index contributed by atoms with van der Waals surface area (Å²) in [5.74, 6) is 0. The van der Waals surface area contributed by atoms with Crippen LogP contribution >= 0.6 is 0 Å². The second-order valence-electron chi connectivity index (χ2n) is 3.85. The van der Waals surface area contributed by atoms with Gasteiger partial charge in [-0.1, -0.05) is 13.3 Å². The molecular formula is C9H16O2. The van der Waals surface area contributed by atoms with Gasteiger partial charge in [-0.15, -0.1) is 0 Å². The summed E-state index contributed by atoms with van der Waals surface area (Å²) < 4.78 is 5.41. The first-order valence-corrected chi connectivity index (χ1v) is 4.59. The Hall–Kier alpha value is -0.0800. The Labute approximate surface area is 67.6 Å². The van der Waals surface area contributed by atoms with Gasteiger partial charge in [0.1, 0.15) is 6.10 Å². The van der Waals surface area contributed by atoms with E-state index in [1.165, 1.54) is 25.7 Å². The van der Waals surface area contributed by atoms with Gasteiger partial charge in [-0.05, 0) is 24.7 Å². The summed E-state index contributed by atoms with van der Waals surface area (Å²) in [6.07, 6.45) is 5.76. The van der Waals surface area contributed by atoms with E-state index < -0.39 is 0 Å². The molecule has 2 fully saturated rings. The average molecular weight is 156 g/mol. The molecule has 1 saturated carbocycles. The van der Waals surface area contributed by atoms with Gasteiger partial charge in [-0.2, -0.15) is 0 Å². The van der Waals surface area contributed by atoms with Gasteiger partial charge in [0.05, 0.1) is 12.7 Å². The van der Waals surface area contributed by atoms with Crippen LogP contribution in [0.3, 0.4) is 0 Å². The molecule has 0 aromatic heterocycles. The van der Waals surface area contributed by atoms with Gasteiger partial charge in [-0.3, -0.25) is 0 Å². The summed E-state index contributed by atoms with van der Waals surface area (Å²) in [6.45, 7) is 2.45. The monoisotopic (exact) mass is 156 g/mol. The van der Waals surface area contributed by atoms with Gasteiger partial charge >= 0.3 is 0 Å². The van der Waals surface area contributed by atoms with Crippen LogP contribution in [0.1, 0.15) is 32.6 Å². The SMILES string of the molecule is CCC1(C2OC2CO)CCC1.